The van der Waals surface area contributed by atoms with Gasteiger partial charge in [-0.15, -0.1) is 0 Å². The van der Waals surface area contributed by atoms with Gasteiger partial charge in [-0.2, -0.15) is 0 Å². The summed E-state index contributed by atoms with van der Waals surface area (Å²) < 4.78 is 10.6. The molecule has 2 atom stereocenters. The van der Waals surface area contributed by atoms with Crippen LogP contribution in [-0.2, 0) is 19.1 Å². The van der Waals surface area contributed by atoms with Gasteiger partial charge < -0.3 is 9.47 Å². The molecule has 1 fully saturated rings. The third kappa shape index (κ3) is 4.84. The molecule has 0 bridgehead atoms. The molecule has 2 amide bonds. The SMILES string of the molecule is COC(=O)C1N(C(c2ccccc2)c2ccccc2)C(=O)N(C(c2ccccc2)c2ccccc2)C1(C)C(=O)OC. The second-order valence-electron chi connectivity index (χ2n) is 10.1. The Bertz CT molecular complexity index is 1420. The molecule has 0 N–H and O–H groups in total. The van der Waals surface area contributed by atoms with E-state index in [1.165, 1.54) is 24.0 Å². The molecule has 7 heteroatoms. The Labute approximate surface area is 239 Å². The minimum atomic E-state index is -1.75. The molecule has 1 aliphatic heterocycles. The molecular formula is C34H32N2O5. The van der Waals surface area contributed by atoms with E-state index in [2.05, 4.69) is 0 Å². The lowest BCUT2D eigenvalue weighted by Gasteiger charge is -2.39. The summed E-state index contributed by atoms with van der Waals surface area (Å²) in [6.07, 6.45) is 0. The van der Waals surface area contributed by atoms with E-state index in [0.29, 0.717) is 0 Å². The van der Waals surface area contributed by atoms with Gasteiger partial charge in [-0.3, -0.25) is 9.80 Å². The van der Waals surface area contributed by atoms with Crippen LogP contribution in [0.2, 0.25) is 0 Å². The molecule has 4 aromatic carbocycles. The predicted octanol–water partition coefficient (Wildman–Crippen LogP) is 5.78. The molecule has 0 aromatic heterocycles. The number of carbonyl (C=O) groups is 3. The van der Waals surface area contributed by atoms with Gasteiger partial charge >= 0.3 is 18.0 Å². The van der Waals surface area contributed by atoms with Gasteiger partial charge in [0.25, 0.3) is 0 Å². The summed E-state index contributed by atoms with van der Waals surface area (Å²) in [5, 5.41) is 0. The zero-order valence-electron chi connectivity index (χ0n) is 23.2. The summed E-state index contributed by atoms with van der Waals surface area (Å²) in [4.78, 5) is 45.6. The summed E-state index contributed by atoms with van der Waals surface area (Å²) in [6.45, 7) is 1.59. The van der Waals surface area contributed by atoms with Gasteiger partial charge in [-0.05, 0) is 29.2 Å². The van der Waals surface area contributed by atoms with E-state index < -0.39 is 41.6 Å². The fourth-order valence-corrected chi connectivity index (χ4v) is 5.89. The van der Waals surface area contributed by atoms with Gasteiger partial charge in [0.15, 0.2) is 11.6 Å². The number of hydrogen-bond acceptors (Lipinski definition) is 5. The number of esters is 2. The normalized spacial score (nSPS) is 18.6. The van der Waals surface area contributed by atoms with Crippen molar-refractivity contribution in [1.29, 1.82) is 0 Å². The fraction of sp³-hybridized carbons (Fsp3) is 0.206. The highest BCUT2D eigenvalue weighted by atomic mass is 16.5. The van der Waals surface area contributed by atoms with E-state index in [9.17, 15) is 14.4 Å². The topological polar surface area (TPSA) is 76.2 Å². The second kappa shape index (κ2) is 11.7. The van der Waals surface area contributed by atoms with Crippen LogP contribution >= 0.6 is 0 Å². The van der Waals surface area contributed by atoms with E-state index in [0.717, 1.165) is 22.3 Å². The van der Waals surface area contributed by atoms with E-state index in [4.69, 9.17) is 9.47 Å². The average Bonchev–Trinajstić information content (AvgIpc) is 3.26. The highest BCUT2D eigenvalue weighted by molar-refractivity contribution is 6.01. The molecule has 0 saturated carbocycles. The molecular weight excluding hydrogens is 516 g/mol. The van der Waals surface area contributed by atoms with Crippen molar-refractivity contribution in [3.8, 4) is 0 Å². The van der Waals surface area contributed by atoms with Gasteiger partial charge in [0.1, 0.15) is 0 Å². The summed E-state index contributed by atoms with van der Waals surface area (Å²) in [5.74, 6) is -1.44. The molecule has 208 valence electrons. The average molecular weight is 549 g/mol. The largest absolute Gasteiger partial charge is 0.467 e. The Kier molecular flexibility index (Phi) is 7.88. The summed E-state index contributed by atoms with van der Waals surface area (Å²) in [7, 11) is 2.52. The first-order valence-corrected chi connectivity index (χ1v) is 13.4. The number of amides is 2. The van der Waals surface area contributed by atoms with E-state index >= 15 is 0 Å². The fourth-order valence-electron chi connectivity index (χ4n) is 5.89. The lowest BCUT2D eigenvalue weighted by atomic mass is 9.86. The Morgan fingerprint density at radius 3 is 1.34 bits per heavy atom. The monoisotopic (exact) mass is 548 g/mol. The zero-order chi connectivity index (χ0) is 29.0. The van der Waals surface area contributed by atoms with Crippen LogP contribution in [0.1, 0.15) is 41.3 Å². The molecule has 0 aliphatic carbocycles. The number of ether oxygens (including phenoxy) is 2. The summed E-state index contributed by atoms with van der Waals surface area (Å²) in [5.41, 5.74) is 1.38. The van der Waals surface area contributed by atoms with Crippen molar-refractivity contribution in [2.24, 2.45) is 0 Å². The van der Waals surface area contributed by atoms with Gasteiger partial charge in [-0.25, -0.2) is 14.4 Å². The standard InChI is InChI=1S/C34H32N2O5/c1-34(32(38)41-3)30(31(37)40-2)35(28(24-16-8-4-9-17-24)25-18-10-5-11-19-25)33(39)36(34)29(26-20-12-6-13-21-26)27-22-14-7-15-23-27/h4-23,28-30H,1-3H3. The van der Waals surface area contributed by atoms with Crippen LogP contribution in [0, 0.1) is 0 Å². The lowest BCUT2D eigenvalue weighted by molar-refractivity contribution is -0.162. The van der Waals surface area contributed by atoms with Gasteiger partial charge in [0.05, 0.1) is 26.3 Å². The number of nitrogens with zero attached hydrogens (tertiary/aromatic N) is 2. The molecule has 1 saturated heterocycles. The maximum Gasteiger partial charge on any atom is 0.334 e. The van der Waals surface area contributed by atoms with Crippen molar-refractivity contribution in [3.63, 3.8) is 0 Å². The Balaban J connectivity index is 1.81. The van der Waals surface area contributed by atoms with Crippen molar-refractivity contribution in [3.05, 3.63) is 144 Å². The minimum absolute atomic E-state index is 0.497. The maximum absolute atomic E-state index is 15.0. The Hall–Kier alpha value is -4.91. The lowest BCUT2D eigenvalue weighted by Crippen LogP contribution is -2.60. The number of benzene rings is 4. The van der Waals surface area contributed by atoms with Gasteiger partial charge in [0, 0.05) is 0 Å². The Morgan fingerprint density at radius 2 is 1.00 bits per heavy atom. The van der Waals surface area contributed by atoms with E-state index in [1.807, 2.05) is 121 Å². The van der Waals surface area contributed by atoms with E-state index in [-0.39, 0.29) is 0 Å². The van der Waals surface area contributed by atoms with Crippen LogP contribution in [0.25, 0.3) is 0 Å². The van der Waals surface area contributed by atoms with Crippen LogP contribution in [0.3, 0.4) is 0 Å². The van der Waals surface area contributed by atoms with E-state index in [1.54, 1.807) is 6.92 Å². The van der Waals surface area contributed by atoms with Gasteiger partial charge in [-0.1, -0.05) is 121 Å². The molecule has 5 rings (SSSR count). The third-order valence-electron chi connectivity index (χ3n) is 7.76. The summed E-state index contributed by atoms with van der Waals surface area (Å²) >= 11 is 0. The maximum atomic E-state index is 15.0. The number of rotatable bonds is 8. The molecule has 0 spiro atoms. The molecule has 1 heterocycles. The minimum Gasteiger partial charge on any atom is -0.467 e. The van der Waals surface area contributed by atoms with Crippen LogP contribution in [-0.4, -0.2) is 53.6 Å². The van der Waals surface area contributed by atoms with Crippen molar-refractivity contribution in [1.82, 2.24) is 9.80 Å². The summed E-state index contributed by atoms with van der Waals surface area (Å²) in [6, 6.07) is 34.6. The highest BCUT2D eigenvalue weighted by Crippen LogP contribution is 2.48. The number of hydrogen-bond donors (Lipinski definition) is 0. The number of urea groups is 1. The number of carbonyl (C=O) groups excluding carboxylic acids is 3. The first-order valence-electron chi connectivity index (χ1n) is 13.4. The first kappa shape index (κ1) is 27.6. The quantitative estimate of drug-likeness (QED) is 0.261. The molecule has 41 heavy (non-hydrogen) atoms. The van der Waals surface area contributed by atoms with Crippen molar-refractivity contribution >= 4 is 18.0 Å². The molecule has 7 nitrogen and oxygen atoms in total. The Morgan fingerprint density at radius 1 is 0.634 bits per heavy atom. The highest BCUT2D eigenvalue weighted by Gasteiger charge is 2.66. The molecule has 4 aromatic rings. The van der Waals surface area contributed by atoms with Crippen LogP contribution in [0.5, 0.6) is 0 Å². The third-order valence-corrected chi connectivity index (χ3v) is 7.76. The predicted molar refractivity (Wildman–Crippen MR) is 155 cm³/mol. The van der Waals surface area contributed by atoms with Gasteiger partial charge in [0.2, 0.25) is 0 Å². The zero-order valence-corrected chi connectivity index (χ0v) is 23.2. The van der Waals surface area contributed by atoms with Crippen molar-refractivity contribution in [2.75, 3.05) is 14.2 Å². The van der Waals surface area contributed by atoms with Crippen LogP contribution in [0.15, 0.2) is 121 Å². The molecule has 0 radical (unpaired) electrons. The van der Waals surface area contributed by atoms with Crippen molar-refractivity contribution in [2.45, 2.75) is 30.6 Å². The smallest absolute Gasteiger partial charge is 0.334 e. The molecule has 1 aliphatic rings. The van der Waals surface area contributed by atoms with Crippen LogP contribution < -0.4 is 0 Å². The number of methoxy groups -OCH3 is 2. The van der Waals surface area contributed by atoms with Crippen LogP contribution in [0.4, 0.5) is 4.79 Å². The second-order valence-corrected chi connectivity index (χ2v) is 10.1. The van der Waals surface area contributed by atoms with Crippen molar-refractivity contribution < 1.29 is 23.9 Å². The molecule has 2 unspecified atom stereocenters. The first-order chi connectivity index (χ1) is 19.9.